The summed E-state index contributed by atoms with van der Waals surface area (Å²) in [6, 6.07) is 3.45. The normalized spacial score (nSPS) is 17.2. The second kappa shape index (κ2) is 6.39. The molecule has 1 aromatic rings. The van der Waals surface area contributed by atoms with Gasteiger partial charge in [-0.25, -0.2) is 4.79 Å². The summed E-state index contributed by atoms with van der Waals surface area (Å²) in [5.74, 6) is -0.742. The van der Waals surface area contributed by atoms with Crippen LogP contribution in [-0.4, -0.2) is 24.0 Å². The summed E-state index contributed by atoms with van der Waals surface area (Å²) in [4.78, 5) is 24.0. The van der Waals surface area contributed by atoms with Crippen molar-refractivity contribution in [3.05, 3.63) is 21.3 Å². The molecule has 0 spiro atoms. The van der Waals surface area contributed by atoms with E-state index < -0.39 is 12.1 Å². The Bertz CT molecular complexity index is 468. The summed E-state index contributed by atoms with van der Waals surface area (Å²) in [5.41, 5.74) is 0. The van der Waals surface area contributed by atoms with Crippen LogP contribution in [0.2, 0.25) is 4.34 Å². The number of rotatable bonds is 4. The Labute approximate surface area is 121 Å². The van der Waals surface area contributed by atoms with Crippen molar-refractivity contribution < 1.29 is 14.3 Å². The van der Waals surface area contributed by atoms with Crippen LogP contribution in [0.1, 0.15) is 42.3 Å². The second-order valence-corrected chi connectivity index (χ2v) is 6.36. The first-order valence-corrected chi connectivity index (χ1v) is 7.52. The van der Waals surface area contributed by atoms with E-state index >= 15 is 0 Å². The van der Waals surface area contributed by atoms with Gasteiger partial charge in [-0.2, -0.15) is 0 Å². The molecule has 1 amide bonds. The molecule has 104 valence electrons. The van der Waals surface area contributed by atoms with Crippen LogP contribution in [-0.2, 0) is 9.53 Å². The highest BCUT2D eigenvalue weighted by Gasteiger charge is 2.23. The summed E-state index contributed by atoms with van der Waals surface area (Å²) in [5, 5.41) is 2.90. The Morgan fingerprint density at radius 3 is 2.68 bits per heavy atom. The molecule has 6 heteroatoms. The number of thiophene rings is 1. The van der Waals surface area contributed by atoms with Gasteiger partial charge in [0, 0.05) is 6.04 Å². The van der Waals surface area contributed by atoms with Crippen LogP contribution >= 0.6 is 22.9 Å². The number of halogens is 1. The zero-order chi connectivity index (χ0) is 13.8. The Balaban J connectivity index is 1.84. The molecule has 1 aliphatic rings. The highest BCUT2D eigenvalue weighted by molar-refractivity contribution is 7.17. The number of ether oxygens (including phenoxy) is 1. The molecule has 0 bridgehead atoms. The number of esters is 1. The predicted octanol–water partition coefficient (Wildman–Crippen LogP) is 3.01. The van der Waals surface area contributed by atoms with E-state index in [1.54, 1.807) is 19.1 Å². The minimum Gasteiger partial charge on any atom is -0.448 e. The van der Waals surface area contributed by atoms with Crippen molar-refractivity contribution in [3.63, 3.8) is 0 Å². The minimum absolute atomic E-state index is 0.227. The molecular formula is C13H16ClNO3S. The van der Waals surface area contributed by atoms with E-state index in [1.807, 2.05) is 0 Å². The third-order valence-corrected chi connectivity index (χ3v) is 4.34. The summed E-state index contributed by atoms with van der Waals surface area (Å²) >= 11 is 6.89. The van der Waals surface area contributed by atoms with Crippen LogP contribution in [0, 0.1) is 0 Å². The number of hydrogen-bond acceptors (Lipinski definition) is 4. The molecule has 1 aliphatic carbocycles. The zero-order valence-corrected chi connectivity index (χ0v) is 12.2. The smallest absolute Gasteiger partial charge is 0.349 e. The molecule has 1 aromatic heterocycles. The Morgan fingerprint density at radius 1 is 1.42 bits per heavy atom. The lowest BCUT2D eigenvalue weighted by molar-refractivity contribution is -0.129. The van der Waals surface area contributed by atoms with Crippen LogP contribution < -0.4 is 5.32 Å². The van der Waals surface area contributed by atoms with Crippen LogP contribution in [0.4, 0.5) is 0 Å². The summed E-state index contributed by atoms with van der Waals surface area (Å²) in [6.07, 6.45) is 3.52. The van der Waals surface area contributed by atoms with Crippen molar-refractivity contribution in [1.82, 2.24) is 5.32 Å². The highest BCUT2D eigenvalue weighted by atomic mass is 35.5. The molecule has 1 heterocycles. The van der Waals surface area contributed by atoms with Crippen molar-refractivity contribution in [3.8, 4) is 0 Å². The maximum atomic E-state index is 11.9. The van der Waals surface area contributed by atoms with E-state index in [4.69, 9.17) is 16.3 Å². The van der Waals surface area contributed by atoms with Gasteiger partial charge < -0.3 is 10.1 Å². The van der Waals surface area contributed by atoms with Gasteiger partial charge in [-0.3, -0.25) is 4.79 Å². The summed E-state index contributed by atoms with van der Waals surface area (Å²) in [6.45, 7) is 1.58. The number of nitrogens with one attached hydrogen (secondary N) is 1. The lowest BCUT2D eigenvalue weighted by Gasteiger charge is -2.16. The molecule has 1 atom stereocenters. The lowest BCUT2D eigenvalue weighted by Crippen LogP contribution is -2.40. The second-order valence-electron chi connectivity index (χ2n) is 4.64. The SMILES string of the molecule is C[C@@H](OC(=O)c1ccc(Cl)s1)C(=O)NC1CCCC1. The van der Waals surface area contributed by atoms with E-state index in [0.717, 1.165) is 37.0 Å². The van der Waals surface area contributed by atoms with E-state index in [9.17, 15) is 9.59 Å². The average Bonchev–Trinajstić information content (AvgIpc) is 3.00. The molecule has 1 fully saturated rings. The molecule has 4 nitrogen and oxygen atoms in total. The van der Waals surface area contributed by atoms with Crippen molar-refractivity contribution in [2.75, 3.05) is 0 Å². The average molecular weight is 302 g/mol. The molecule has 19 heavy (non-hydrogen) atoms. The number of hydrogen-bond donors (Lipinski definition) is 1. The molecule has 0 aliphatic heterocycles. The quantitative estimate of drug-likeness (QED) is 0.870. The Morgan fingerprint density at radius 2 is 2.11 bits per heavy atom. The third kappa shape index (κ3) is 3.94. The predicted molar refractivity (Wildman–Crippen MR) is 74.6 cm³/mol. The number of carbonyl (C=O) groups is 2. The molecular weight excluding hydrogens is 286 g/mol. The Kier molecular flexibility index (Phi) is 4.82. The van der Waals surface area contributed by atoms with Gasteiger partial charge in [-0.05, 0) is 31.9 Å². The molecule has 2 rings (SSSR count). The maximum Gasteiger partial charge on any atom is 0.349 e. The van der Waals surface area contributed by atoms with Crippen LogP contribution in [0.5, 0.6) is 0 Å². The van der Waals surface area contributed by atoms with Crippen molar-refractivity contribution in [1.29, 1.82) is 0 Å². The van der Waals surface area contributed by atoms with Gasteiger partial charge in [-0.1, -0.05) is 24.4 Å². The lowest BCUT2D eigenvalue weighted by atomic mass is 10.2. The first kappa shape index (κ1) is 14.3. The van der Waals surface area contributed by atoms with Crippen LogP contribution in [0.25, 0.3) is 0 Å². The fourth-order valence-corrected chi connectivity index (χ4v) is 3.01. The fraction of sp³-hybridized carbons (Fsp3) is 0.538. The third-order valence-electron chi connectivity index (χ3n) is 3.13. The molecule has 0 unspecified atom stereocenters. The molecule has 0 saturated heterocycles. The van der Waals surface area contributed by atoms with Gasteiger partial charge in [0.1, 0.15) is 4.88 Å². The maximum absolute atomic E-state index is 11.9. The Hall–Kier alpha value is -1.07. The van der Waals surface area contributed by atoms with E-state index in [-0.39, 0.29) is 11.9 Å². The van der Waals surface area contributed by atoms with Gasteiger partial charge >= 0.3 is 5.97 Å². The van der Waals surface area contributed by atoms with E-state index in [1.165, 1.54) is 0 Å². The first-order valence-electron chi connectivity index (χ1n) is 6.33. The van der Waals surface area contributed by atoms with Gasteiger partial charge in [0.15, 0.2) is 6.10 Å². The van der Waals surface area contributed by atoms with Gasteiger partial charge in [0.05, 0.1) is 4.34 Å². The fourth-order valence-electron chi connectivity index (χ4n) is 2.08. The van der Waals surface area contributed by atoms with Crippen LogP contribution in [0.15, 0.2) is 12.1 Å². The van der Waals surface area contributed by atoms with Gasteiger partial charge in [0.25, 0.3) is 5.91 Å². The molecule has 1 N–H and O–H groups in total. The molecule has 0 radical (unpaired) electrons. The zero-order valence-electron chi connectivity index (χ0n) is 10.6. The molecule has 0 aromatic carbocycles. The van der Waals surface area contributed by atoms with E-state index in [2.05, 4.69) is 5.32 Å². The topological polar surface area (TPSA) is 55.4 Å². The van der Waals surface area contributed by atoms with Crippen molar-refractivity contribution >= 4 is 34.8 Å². The monoisotopic (exact) mass is 301 g/mol. The highest BCUT2D eigenvalue weighted by Crippen LogP contribution is 2.22. The number of carbonyl (C=O) groups excluding carboxylic acids is 2. The summed E-state index contributed by atoms with van der Waals surface area (Å²) in [7, 11) is 0. The molecule has 1 saturated carbocycles. The standard InChI is InChI=1S/C13H16ClNO3S/c1-8(12(16)15-9-4-2-3-5-9)18-13(17)10-6-7-11(14)19-10/h6-9H,2-5H2,1H3,(H,15,16)/t8-/m1/s1. The summed E-state index contributed by atoms with van der Waals surface area (Å²) < 4.78 is 5.65. The van der Waals surface area contributed by atoms with Crippen molar-refractivity contribution in [2.45, 2.75) is 44.8 Å². The minimum atomic E-state index is -0.783. The van der Waals surface area contributed by atoms with E-state index in [0.29, 0.717) is 9.21 Å². The van der Waals surface area contributed by atoms with Crippen LogP contribution in [0.3, 0.4) is 0 Å². The first-order chi connectivity index (χ1) is 9.06. The van der Waals surface area contributed by atoms with Crippen molar-refractivity contribution in [2.24, 2.45) is 0 Å². The van der Waals surface area contributed by atoms with Gasteiger partial charge in [-0.15, -0.1) is 11.3 Å². The largest absolute Gasteiger partial charge is 0.448 e. The van der Waals surface area contributed by atoms with Gasteiger partial charge in [0.2, 0.25) is 0 Å². The number of amides is 1.